The first kappa shape index (κ1) is 15.3. The number of hydrogen-bond acceptors (Lipinski definition) is 2. The molecule has 0 bridgehead atoms. The van der Waals surface area contributed by atoms with Gasteiger partial charge < -0.3 is 10.1 Å². The summed E-state index contributed by atoms with van der Waals surface area (Å²) in [6, 6.07) is 20.4. The zero-order chi connectivity index (χ0) is 14.9. The second-order valence-electron chi connectivity index (χ2n) is 5.12. The van der Waals surface area contributed by atoms with Gasteiger partial charge in [0.1, 0.15) is 12.6 Å². The Morgan fingerprint density at radius 2 is 1.67 bits per heavy atom. The second-order valence-corrected chi connectivity index (χ2v) is 5.12. The minimum Gasteiger partial charge on any atom is -0.461 e. The lowest BCUT2D eigenvalue weighted by molar-refractivity contribution is -0.691. The number of carbonyl (C=O) groups is 1. The Kier molecular flexibility index (Phi) is 5.98. The third-order valence-electron chi connectivity index (χ3n) is 3.44. The molecule has 0 aromatic heterocycles. The average Bonchev–Trinajstić information content (AvgIpc) is 2.54. The van der Waals surface area contributed by atoms with Gasteiger partial charge in [-0.1, -0.05) is 60.7 Å². The molecular formula is C18H22NO2+. The van der Waals surface area contributed by atoms with Gasteiger partial charge in [0.05, 0.1) is 13.0 Å². The predicted molar refractivity (Wildman–Crippen MR) is 82.5 cm³/mol. The number of rotatable bonds is 7. The van der Waals surface area contributed by atoms with Crippen molar-refractivity contribution in [2.24, 2.45) is 0 Å². The van der Waals surface area contributed by atoms with E-state index in [0.29, 0.717) is 19.1 Å². The Morgan fingerprint density at radius 1 is 1.05 bits per heavy atom. The van der Waals surface area contributed by atoms with Crippen LogP contribution in [0.1, 0.15) is 30.5 Å². The third-order valence-corrected chi connectivity index (χ3v) is 3.44. The van der Waals surface area contributed by atoms with E-state index >= 15 is 0 Å². The highest BCUT2D eigenvalue weighted by atomic mass is 16.5. The largest absolute Gasteiger partial charge is 0.461 e. The number of quaternary nitrogens is 1. The van der Waals surface area contributed by atoms with Crippen molar-refractivity contribution in [3.8, 4) is 0 Å². The Bertz CT molecular complexity index is 540. The summed E-state index contributed by atoms with van der Waals surface area (Å²) in [5.41, 5.74) is 2.29. The van der Waals surface area contributed by atoms with Crippen molar-refractivity contribution in [2.75, 3.05) is 6.54 Å². The molecule has 3 nitrogen and oxygen atoms in total. The number of hydrogen-bond donors (Lipinski definition) is 1. The van der Waals surface area contributed by atoms with E-state index in [1.165, 1.54) is 5.56 Å². The number of nitrogens with two attached hydrogens (primary N) is 1. The normalized spacial score (nSPS) is 11.9. The van der Waals surface area contributed by atoms with Gasteiger partial charge in [0.15, 0.2) is 0 Å². The maximum atomic E-state index is 11.7. The molecule has 2 N–H and O–H groups in total. The molecule has 0 amide bonds. The quantitative estimate of drug-likeness (QED) is 0.794. The average molecular weight is 284 g/mol. The van der Waals surface area contributed by atoms with Crippen LogP contribution in [0.25, 0.3) is 0 Å². The summed E-state index contributed by atoms with van der Waals surface area (Å²) in [6.45, 7) is 3.24. The molecule has 0 aliphatic rings. The summed E-state index contributed by atoms with van der Waals surface area (Å²) < 4.78 is 5.26. The van der Waals surface area contributed by atoms with Crippen molar-refractivity contribution < 1.29 is 14.8 Å². The van der Waals surface area contributed by atoms with Crippen molar-refractivity contribution in [1.29, 1.82) is 0 Å². The summed E-state index contributed by atoms with van der Waals surface area (Å²) in [4.78, 5) is 11.7. The van der Waals surface area contributed by atoms with Crippen molar-refractivity contribution in [3.05, 3.63) is 71.8 Å². The molecule has 0 unspecified atom stereocenters. The lowest BCUT2D eigenvalue weighted by Crippen LogP contribution is -2.84. The molecule has 0 heterocycles. The first-order valence-electron chi connectivity index (χ1n) is 7.33. The van der Waals surface area contributed by atoms with Crippen molar-refractivity contribution >= 4 is 5.97 Å². The smallest absolute Gasteiger partial charge is 0.311 e. The van der Waals surface area contributed by atoms with Crippen molar-refractivity contribution in [3.63, 3.8) is 0 Å². The van der Waals surface area contributed by atoms with Crippen LogP contribution in [0.4, 0.5) is 0 Å². The monoisotopic (exact) mass is 284 g/mol. The van der Waals surface area contributed by atoms with Crippen molar-refractivity contribution in [2.45, 2.75) is 26.0 Å². The molecule has 2 rings (SSSR count). The first-order valence-corrected chi connectivity index (χ1v) is 7.33. The molecule has 0 aliphatic carbocycles. The van der Waals surface area contributed by atoms with Crippen LogP contribution in [-0.4, -0.2) is 12.5 Å². The Balaban J connectivity index is 1.65. The third kappa shape index (κ3) is 5.40. The molecule has 0 fully saturated rings. The van der Waals surface area contributed by atoms with E-state index in [0.717, 1.165) is 12.1 Å². The summed E-state index contributed by atoms with van der Waals surface area (Å²) in [7, 11) is 0. The van der Waals surface area contributed by atoms with Gasteiger partial charge in [0.2, 0.25) is 0 Å². The summed E-state index contributed by atoms with van der Waals surface area (Å²) in [5, 5.41) is 2.17. The molecular weight excluding hydrogens is 262 g/mol. The minimum atomic E-state index is -0.143. The van der Waals surface area contributed by atoms with Gasteiger partial charge in [0, 0.05) is 5.56 Å². The first-order chi connectivity index (χ1) is 10.3. The van der Waals surface area contributed by atoms with Crippen LogP contribution in [0.2, 0.25) is 0 Å². The summed E-state index contributed by atoms with van der Waals surface area (Å²) in [6.07, 6.45) is 0.435. The topological polar surface area (TPSA) is 42.9 Å². The number of ether oxygens (including phenoxy) is 1. The molecule has 110 valence electrons. The fraction of sp³-hybridized carbons (Fsp3) is 0.278. The standard InChI is InChI=1S/C18H21NO2/c1-15(17-10-6-3-7-11-17)19-13-12-18(20)21-14-16-8-4-2-5-9-16/h2-11,15,19H,12-14H2,1H3/p+1/t15-/m1/s1. The SMILES string of the molecule is C[C@@H]([NH2+]CCC(=O)OCc1ccccc1)c1ccccc1. The molecule has 2 aromatic carbocycles. The molecule has 3 heteroatoms. The predicted octanol–water partition coefficient (Wildman–Crippen LogP) is 2.44. The van der Waals surface area contributed by atoms with Crippen molar-refractivity contribution in [1.82, 2.24) is 0 Å². The fourth-order valence-corrected chi connectivity index (χ4v) is 2.15. The molecule has 0 radical (unpaired) electrons. The second kappa shape index (κ2) is 8.22. The van der Waals surface area contributed by atoms with Crippen LogP contribution in [0.3, 0.4) is 0 Å². The lowest BCUT2D eigenvalue weighted by Gasteiger charge is -2.10. The number of esters is 1. The highest BCUT2D eigenvalue weighted by molar-refractivity contribution is 5.69. The van der Waals surface area contributed by atoms with Crippen LogP contribution in [-0.2, 0) is 16.1 Å². The van der Waals surface area contributed by atoms with E-state index in [9.17, 15) is 4.79 Å². The fourth-order valence-electron chi connectivity index (χ4n) is 2.15. The van der Waals surface area contributed by atoms with Gasteiger partial charge in [-0.25, -0.2) is 0 Å². The number of benzene rings is 2. The Labute approximate surface area is 126 Å². The van der Waals surface area contributed by atoms with E-state index < -0.39 is 0 Å². The molecule has 21 heavy (non-hydrogen) atoms. The summed E-state index contributed by atoms with van der Waals surface area (Å²) in [5.74, 6) is -0.143. The lowest BCUT2D eigenvalue weighted by atomic mass is 10.1. The van der Waals surface area contributed by atoms with E-state index in [-0.39, 0.29) is 5.97 Å². The maximum absolute atomic E-state index is 11.7. The molecule has 0 saturated carbocycles. The molecule has 0 spiro atoms. The highest BCUT2D eigenvalue weighted by Crippen LogP contribution is 2.06. The maximum Gasteiger partial charge on any atom is 0.311 e. The number of carbonyl (C=O) groups excluding carboxylic acids is 1. The van der Waals surface area contributed by atoms with E-state index in [1.807, 2.05) is 48.5 Å². The van der Waals surface area contributed by atoms with Gasteiger partial charge in [-0.05, 0) is 12.5 Å². The Morgan fingerprint density at radius 3 is 2.33 bits per heavy atom. The van der Waals surface area contributed by atoms with Gasteiger partial charge >= 0.3 is 5.97 Å². The van der Waals surface area contributed by atoms with Crippen LogP contribution in [0.15, 0.2) is 60.7 Å². The van der Waals surface area contributed by atoms with Crippen LogP contribution >= 0.6 is 0 Å². The Hall–Kier alpha value is -2.13. The van der Waals surface area contributed by atoms with Gasteiger partial charge in [-0.2, -0.15) is 0 Å². The zero-order valence-corrected chi connectivity index (χ0v) is 12.4. The van der Waals surface area contributed by atoms with Gasteiger partial charge in [-0.15, -0.1) is 0 Å². The minimum absolute atomic E-state index is 0.143. The summed E-state index contributed by atoms with van der Waals surface area (Å²) >= 11 is 0. The molecule has 0 saturated heterocycles. The molecule has 1 atom stereocenters. The highest BCUT2D eigenvalue weighted by Gasteiger charge is 2.10. The molecule has 2 aromatic rings. The van der Waals surface area contributed by atoms with E-state index in [4.69, 9.17) is 4.74 Å². The van der Waals surface area contributed by atoms with E-state index in [2.05, 4.69) is 24.4 Å². The van der Waals surface area contributed by atoms with Gasteiger partial charge in [-0.3, -0.25) is 4.79 Å². The molecule has 0 aliphatic heterocycles. The van der Waals surface area contributed by atoms with Crippen LogP contribution in [0.5, 0.6) is 0 Å². The van der Waals surface area contributed by atoms with Crippen LogP contribution < -0.4 is 5.32 Å². The zero-order valence-electron chi connectivity index (χ0n) is 12.4. The van der Waals surface area contributed by atoms with E-state index in [1.54, 1.807) is 0 Å². The van der Waals surface area contributed by atoms with Crippen LogP contribution in [0, 0.1) is 0 Å². The van der Waals surface area contributed by atoms with Gasteiger partial charge in [0.25, 0.3) is 0 Å².